The number of carbonyl (C=O) groups excluding carboxylic acids is 2. The third-order valence-electron chi connectivity index (χ3n) is 4.59. The molecule has 0 unspecified atom stereocenters. The van der Waals surface area contributed by atoms with Gasteiger partial charge < -0.3 is 25.8 Å². The Labute approximate surface area is 212 Å². The lowest BCUT2D eigenvalue weighted by Crippen LogP contribution is -2.28. The first-order valence-electron chi connectivity index (χ1n) is 9.85. The van der Waals surface area contributed by atoms with Gasteiger partial charge in [-0.15, -0.1) is 0 Å². The fourth-order valence-corrected chi connectivity index (χ4v) is 3.52. The number of halogens is 3. The molecule has 4 N–H and O–H groups in total. The monoisotopic (exact) mass is 596 g/mol. The number of nitrogens with one attached hydrogen (secondary N) is 1. The standard InChI is InChI=1S/C23H19F2IN4O5/c1-29(2)22(32)28-14-4-3-5-15(11-14)35-19-9-12(24)8-18(20(19)21(27)31)30(23(33)34)17-7-6-13(26)10-16(17)25/h3-11H,1-2H3,(H2,27,31)(H,28,32)(H,33,34). The minimum atomic E-state index is -1.68. The summed E-state index contributed by atoms with van der Waals surface area (Å²) in [6.45, 7) is 0. The molecule has 182 valence electrons. The molecule has 3 aromatic rings. The van der Waals surface area contributed by atoms with E-state index in [9.17, 15) is 28.3 Å². The van der Waals surface area contributed by atoms with Crippen LogP contribution in [0.2, 0.25) is 0 Å². The van der Waals surface area contributed by atoms with E-state index >= 15 is 0 Å². The maximum atomic E-state index is 14.6. The van der Waals surface area contributed by atoms with Gasteiger partial charge in [0, 0.05) is 35.5 Å². The first-order valence-corrected chi connectivity index (χ1v) is 10.9. The summed E-state index contributed by atoms with van der Waals surface area (Å²) in [7, 11) is 3.10. The normalized spacial score (nSPS) is 10.4. The molecule has 0 saturated carbocycles. The molecular weight excluding hydrogens is 577 g/mol. The van der Waals surface area contributed by atoms with Gasteiger partial charge in [0.1, 0.15) is 28.7 Å². The lowest BCUT2D eigenvalue weighted by molar-refractivity contribution is 0.0998. The van der Waals surface area contributed by atoms with Gasteiger partial charge in [-0.05, 0) is 59.0 Å². The fraction of sp³-hybridized carbons (Fsp3) is 0.0870. The number of benzene rings is 3. The highest BCUT2D eigenvalue weighted by atomic mass is 127. The van der Waals surface area contributed by atoms with Crippen LogP contribution in [0.3, 0.4) is 0 Å². The summed E-state index contributed by atoms with van der Waals surface area (Å²) in [6, 6.07) is 10.9. The van der Waals surface area contributed by atoms with Crippen molar-refractivity contribution >= 4 is 57.7 Å². The Morgan fingerprint density at radius 1 is 1.03 bits per heavy atom. The molecule has 4 amide bonds. The van der Waals surface area contributed by atoms with Crippen molar-refractivity contribution in [2.45, 2.75) is 0 Å². The quantitative estimate of drug-likeness (QED) is 0.330. The Morgan fingerprint density at radius 3 is 2.34 bits per heavy atom. The molecule has 0 aliphatic carbocycles. The molecule has 0 atom stereocenters. The van der Waals surface area contributed by atoms with Crippen LogP contribution in [0.15, 0.2) is 54.6 Å². The molecule has 35 heavy (non-hydrogen) atoms. The summed E-state index contributed by atoms with van der Waals surface area (Å²) in [5.74, 6) is -3.33. The molecule has 0 aliphatic rings. The van der Waals surface area contributed by atoms with E-state index in [1.165, 1.54) is 35.2 Å². The molecule has 0 heterocycles. The van der Waals surface area contributed by atoms with Gasteiger partial charge in [-0.25, -0.2) is 23.3 Å². The SMILES string of the molecule is CN(C)C(=O)Nc1cccc(Oc2cc(F)cc(N(C(=O)O)c3ccc(I)cc3F)c2C(N)=O)c1. The Bertz CT molecular complexity index is 1320. The zero-order chi connectivity index (χ0) is 25.9. The van der Waals surface area contributed by atoms with Gasteiger partial charge in [-0.3, -0.25) is 4.79 Å². The number of nitrogens with zero attached hydrogens (tertiary/aromatic N) is 2. The number of primary amides is 1. The second kappa shape index (κ2) is 10.5. The van der Waals surface area contributed by atoms with Crippen molar-refractivity contribution in [2.24, 2.45) is 5.73 Å². The number of hydrogen-bond donors (Lipinski definition) is 3. The van der Waals surface area contributed by atoms with Gasteiger partial charge in [0.2, 0.25) is 0 Å². The van der Waals surface area contributed by atoms with Gasteiger partial charge in [0.15, 0.2) is 0 Å². The van der Waals surface area contributed by atoms with Gasteiger partial charge in [0.05, 0.1) is 11.4 Å². The third-order valence-corrected chi connectivity index (χ3v) is 5.27. The van der Waals surface area contributed by atoms with Crippen molar-refractivity contribution in [3.8, 4) is 11.5 Å². The summed E-state index contributed by atoms with van der Waals surface area (Å²) in [4.78, 5) is 38.1. The maximum absolute atomic E-state index is 14.6. The summed E-state index contributed by atoms with van der Waals surface area (Å²) < 4.78 is 35.4. The molecular formula is C23H19F2IN4O5. The van der Waals surface area contributed by atoms with Crippen molar-refractivity contribution in [2.75, 3.05) is 24.3 Å². The van der Waals surface area contributed by atoms with Crippen LogP contribution in [0.25, 0.3) is 0 Å². The zero-order valence-corrected chi connectivity index (χ0v) is 20.5. The molecule has 9 nitrogen and oxygen atoms in total. The lowest BCUT2D eigenvalue weighted by Gasteiger charge is -2.23. The van der Waals surface area contributed by atoms with E-state index in [0.717, 1.165) is 18.2 Å². The van der Waals surface area contributed by atoms with Gasteiger partial charge >= 0.3 is 12.1 Å². The van der Waals surface area contributed by atoms with Crippen LogP contribution in [-0.2, 0) is 0 Å². The number of ether oxygens (including phenoxy) is 1. The topological polar surface area (TPSA) is 125 Å². The lowest BCUT2D eigenvalue weighted by atomic mass is 10.1. The smallest absolute Gasteiger partial charge is 0.416 e. The van der Waals surface area contributed by atoms with Crippen LogP contribution in [0.4, 0.5) is 35.4 Å². The zero-order valence-electron chi connectivity index (χ0n) is 18.4. The molecule has 0 aliphatic heterocycles. The Morgan fingerprint density at radius 2 is 1.74 bits per heavy atom. The Balaban J connectivity index is 2.12. The molecule has 0 radical (unpaired) electrons. The average molecular weight is 596 g/mol. The number of hydrogen-bond acceptors (Lipinski definition) is 4. The minimum Gasteiger partial charge on any atom is -0.464 e. The van der Waals surface area contributed by atoms with Crippen LogP contribution in [0.5, 0.6) is 11.5 Å². The van der Waals surface area contributed by atoms with Gasteiger partial charge in [0.25, 0.3) is 5.91 Å². The molecule has 12 heteroatoms. The first-order chi connectivity index (χ1) is 16.5. The predicted molar refractivity (Wildman–Crippen MR) is 133 cm³/mol. The van der Waals surface area contributed by atoms with Crippen molar-refractivity contribution in [3.63, 3.8) is 0 Å². The maximum Gasteiger partial charge on any atom is 0.416 e. The Hall–Kier alpha value is -3.94. The summed E-state index contributed by atoms with van der Waals surface area (Å²) in [6.07, 6.45) is -1.68. The highest BCUT2D eigenvalue weighted by Crippen LogP contribution is 2.38. The van der Waals surface area contributed by atoms with Crippen molar-refractivity contribution in [1.29, 1.82) is 0 Å². The van der Waals surface area contributed by atoms with Crippen molar-refractivity contribution in [3.05, 3.63) is 75.4 Å². The number of anilines is 3. The molecule has 3 aromatic carbocycles. The molecule has 0 fully saturated rings. The average Bonchev–Trinajstić information content (AvgIpc) is 2.75. The second-order valence-corrected chi connectivity index (χ2v) is 8.58. The predicted octanol–water partition coefficient (Wildman–Crippen LogP) is 5.37. The minimum absolute atomic E-state index is 0.0860. The van der Waals surface area contributed by atoms with E-state index in [0.29, 0.717) is 14.2 Å². The molecule has 0 saturated heterocycles. The molecule has 3 rings (SSSR count). The summed E-state index contributed by atoms with van der Waals surface area (Å²) >= 11 is 1.84. The van der Waals surface area contributed by atoms with Gasteiger partial charge in [-0.1, -0.05) is 6.07 Å². The van der Waals surface area contributed by atoms with E-state index in [1.807, 2.05) is 22.6 Å². The number of nitrogens with two attached hydrogens (primary N) is 1. The highest BCUT2D eigenvalue weighted by Gasteiger charge is 2.29. The van der Waals surface area contributed by atoms with Crippen LogP contribution in [0, 0.1) is 15.2 Å². The number of urea groups is 1. The molecule has 0 aromatic heterocycles. The van der Waals surface area contributed by atoms with E-state index in [-0.39, 0.29) is 5.75 Å². The van der Waals surface area contributed by atoms with E-state index in [1.54, 1.807) is 20.2 Å². The Kier molecular flexibility index (Phi) is 7.74. The fourth-order valence-electron chi connectivity index (χ4n) is 3.07. The molecule has 0 spiro atoms. The van der Waals surface area contributed by atoms with Crippen LogP contribution >= 0.6 is 22.6 Å². The number of rotatable bonds is 6. The number of carboxylic acid groups (broad SMARTS) is 1. The van der Waals surface area contributed by atoms with Crippen molar-refractivity contribution < 1.29 is 33.0 Å². The molecule has 0 bridgehead atoms. The van der Waals surface area contributed by atoms with Gasteiger partial charge in [-0.2, -0.15) is 0 Å². The van der Waals surface area contributed by atoms with E-state index in [2.05, 4.69) is 5.32 Å². The largest absolute Gasteiger partial charge is 0.464 e. The van der Waals surface area contributed by atoms with E-state index in [4.69, 9.17) is 10.5 Å². The number of carbonyl (C=O) groups is 3. The highest BCUT2D eigenvalue weighted by molar-refractivity contribution is 14.1. The first kappa shape index (κ1) is 25.7. The van der Waals surface area contributed by atoms with Crippen molar-refractivity contribution in [1.82, 2.24) is 4.90 Å². The van der Waals surface area contributed by atoms with Crippen LogP contribution < -0.4 is 20.7 Å². The van der Waals surface area contributed by atoms with Crippen LogP contribution in [-0.4, -0.2) is 42.1 Å². The van der Waals surface area contributed by atoms with E-state index < -0.39 is 52.4 Å². The number of amides is 4. The van der Waals surface area contributed by atoms with Crippen LogP contribution in [0.1, 0.15) is 10.4 Å². The third kappa shape index (κ3) is 5.95. The summed E-state index contributed by atoms with van der Waals surface area (Å²) in [5.41, 5.74) is 4.39. The summed E-state index contributed by atoms with van der Waals surface area (Å²) in [5, 5.41) is 12.4. The second-order valence-electron chi connectivity index (χ2n) is 7.33.